The second-order valence-electron chi connectivity index (χ2n) is 4.14. The minimum atomic E-state index is 0.226. The van der Waals surface area contributed by atoms with Gasteiger partial charge in [-0.05, 0) is 11.6 Å². The average Bonchev–Trinajstić information content (AvgIpc) is 2.35. The molecule has 0 spiro atoms. The Morgan fingerprint density at radius 3 is 2.72 bits per heavy atom. The second-order valence-corrected chi connectivity index (χ2v) is 4.99. The van der Waals surface area contributed by atoms with Crippen LogP contribution in [0.25, 0.3) is 0 Å². The highest BCUT2D eigenvalue weighted by Gasteiger charge is 2.08. The van der Waals surface area contributed by atoms with Crippen LogP contribution < -0.4 is 5.73 Å². The fourth-order valence-electron chi connectivity index (χ4n) is 1.64. The molecule has 0 aliphatic heterocycles. The van der Waals surface area contributed by atoms with Gasteiger partial charge in [0.05, 0.1) is 12.4 Å². The van der Waals surface area contributed by atoms with Crippen molar-refractivity contribution >= 4 is 21.8 Å². The Balaban J connectivity index is 2.59. The van der Waals surface area contributed by atoms with Crippen molar-refractivity contribution in [1.82, 2.24) is 4.90 Å². The summed E-state index contributed by atoms with van der Waals surface area (Å²) in [5, 5.41) is 7.30. The molecule has 0 radical (unpaired) electrons. The van der Waals surface area contributed by atoms with Crippen LogP contribution in [0.4, 0.5) is 0 Å². The van der Waals surface area contributed by atoms with Gasteiger partial charge in [-0.25, -0.2) is 0 Å². The predicted octanol–water partition coefficient (Wildman–Crippen LogP) is 2.22. The Hall–Kier alpha value is -0.910. The van der Waals surface area contributed by atoms with Crippen LogP contribution in [0.15, 0.2) is 28.7 Å². The second kappa shape index (κ2) is 8.24. The quantitative estimate of drug-likeness (QED) is 0.571. The van der Waals surface area contributed by atoms with E-state index < -0.39 is 0 Å². The first-order chi connectivity index (χ1) is 8.63. The predicted molar refractivity (Wildman–Crippen MR) is 77.8 cm³/mol. The fraction of sp³-hybridized carbons (Fsp3) is 0.462. The molecule has 100 valence electrons. The number of methoxy groups -OCH3 is 1. The molecule has 0 saturated carbocycles. The summed E-state index contributed by atoms with van der Waals surface area (Å²) >= 11 is 3.55. The summed E-state index contributed by atoms with van der Waals surface area (Å²) in [4.78, 5) is 2.24. The third-order valence-corrected chi connectivity index (χ3v) is 3.43. The molecule has 3 N–H and O–H groups in total. The molecule has 0 aromatic heterocycles. The minimum Gasteiger partial charge on any atom is -0.388 e. The van der Waals surface area contributed by atoms with E-state index >= 15 is 0 Å². The molecule has 0 unspecified atom stereocenters. The monoisotopic (exact) mass is 313 g/mol. The molecule has 1 rings (SSSR count). The molecule has 0 bridgehead atoms. The van der Waals surface area contributed by atoms with Gasteiger partial charge in [-0.2, -0.15) is 0 Å². The highest BCUT2D eigenvalue weighted by Crippen LogP contribution is 2.17. The van der Waals surface area contributed by atoms with E-state index in [-0.39, 0.29) is 5.84 Å². The van der Waals surface area contributed by atoms with Crippen molar-refractivity contribution in [2.45, 2.75) is 13.0 Å². The molecule has 0 aliphatic rings. The summed E-state index contributed by atoms with van der Waals surface area (Å²) < 4.78 is 6.22. The van der Waals surface area contributed by atoms with Gasteiger partial charge in [-0.15, -0.1) is 0 Å². The largest absolute Gasteiger partial charge is 0.388 e. The van der Waals surface area contributed by atoms with Crippen molar-refractivity contribution in [3.63, 3.8) is 0 Å². The molecule has 0 fully saturated rings. The number of halogens is 1. The molecule has 1 aromatic carbocycles. The molecule has 0 atom stereocenters. The molecule has 18 heavy (non-hydrogen) atoms. The maximum absolute atomic E-state index is 7.30. The lowest BCUT2D eigenvalue weighted by Crippen LogP contribution is -2.30. The van der Waals surface area contributed by atoms with E-state index in [9.17, 15) is 0 Å². The standard InChI is InChI=1S/C13H20BrN3O/c1-18-9-8-17(7-6-13(15)16)10-11-4-2-3-5-12(11)14/h2-5H,6-10H2,1H3,(H3,15,16). The third-order valence-electron chi connectivity index (χ3n) is 2.66. The summed E-state index contributed by atoms with van der Waals surface area (Å²) in [5.41, 5.74) is 6.64. The van der Waals surface area contributed by atoms with Crippen molar-refractivity contribution in [2.75, 3.05) is 26.8 Å². The van der Waals surface area contributed by atoms with E-state index in [1.807, 2.05) is 18.2 Å². The number of hydrogen-bond donors (Lipinski definition) is 2. The lowest BCUT2D eigenvalue weighted by atomic mass is 10.2. The van der Waals surface area contributed by atoms with Crippen LogP contribution in [0, 0.1) is 5.41 Å². The molecular formula is C13H20BrN3O. The van der Waals surface area contributed by atoms with Crippen molar-refractivity contribution in [3.8, 4) is 0 Å². The van der Waals surface area contributed by atoms with Gasteiger partial charge in [0.1, 0.15) is 0 Å². The van der Waals surface area contributed by atoms with E-state index in [2.05, 4.69) is 26.9 Å². The minimum absolute atomic E-state index is 0.226. The Kier molecular flexibility index (Phi) is 6.93. The number of nitrogens with two attached hydrogens (primary N) is 1. The fourth-order valence-corrected chi connectivity index (χ4v) is 2.05. The van der Waals surface area contributed by atoms with Gasteiger partial charge >= 0.3 is 0 Å². The van der Waals surface area contributed by atoms with Gasteiger partial charge < -0.3 is 10.5 Å². The van der Waals surface area contributed by atoms with Crippen LogP contribution in [-0.4, -0.2) is 37.5 Å². The smallest absolute Gasteiger partial charge is 0.0918 e. The van der Waals surface area contributed by atoms with E-state index in [0.717, 1.165) is 24.1 Å². The highest BCUT2D eigenvalue weighted by molar-refractivity contribution is 9.10. The zero-order valence-electron chi connectivity index (χ0n) is 10.7. The number of nitrogens with zero attached hydrogens (tertiary/aromatic N) is 1. The van der Waals surface area contributed by atoms with Gasteiger partial charge in [-0.1, -0.05) is 34.1 Å². The molecule has 0 amide bonds. The van der Waals surface area contributed by atoms with E-state index in [1.165, 1.54) is 5.56 Å². The first kappa shape index (κ1) is 15.1. The van der Waals surface area contributed by atoms with Gasteiger partial charge in [0.15, 0.2) is 0 Å². The third kappa shape index (κ3) is 5.62. The summed E-state index contributed by atoms with van der Waals surface area (Å²) in [5.74, 6) is 0.226. The van der Waals surface area contributed by atoms with Crippen LogP contribution in [0.1, 0.15) is 12.0 Å². The maximum Gasteiger partial charge on any atom is 0.0918 e. The van der Waals surface area contributed by atoms with Crippen LogP contribution in [-0.2, 0) is 11.3 Å². The topological polar surface area (TPSA) is 62.3 Å². The van der Waals surface area contributed by atoms with Gasteiger partial charge in [0.2, 0.25) is 0 Å². The SMILES string of the molecule is COCCN(CCC(=N)N)Cc1ccccc1Br. The number of rotatable bonds is 8. The normalized spacial score (nSPS) is 10.8. The number of hydrogen-bond acceptors (Lipinski definition) is 3. The first-order valence-electron chi connectivity index (χ1n) is 5.91. The Morgan fingerprint density at radius 1 is 1.39 bits per heavy atom. The van der Waals surface area contributed by atoms with Crippen LogP contribution in [0.5, 0.6) is 0 Å². The summed E-state index contributed by atoms with van der Waals surface area (Å²) in [6, 6.07) is 8.16. The van der Waals surface area contributed by atoms with E-state index in [4.69, 9.17) is 15.9 Å². The van der Waals surface area contributed by atoms with E-state index in [1.54, 1.807) is 7.11 Å². The molecule has 1 aromatic rings. The number of amidine groups is 1. The lowest BCUT2D eigenvalue weighted by Gasteiger charge is -2.22. The molecular weight excluding hydrogens is 294 g/mol. The number of nitrogens with one attached hydrogen (secondary N) is 1. The van der Waals surface area contributed by atoms with E-state index in [0.29, 0.717) is 13.0 Å². The Labute approximate surface area is 117 Å². The lowest BCUT2D eigenvalue weighted by molar-refractivity contribution is 0.145. The van der Waals surface area contributed by atoms with Gasteiger partial charge in [0, 0.05) is 37.6 Å². The van der Waals surface area contributed by atoms with Gasteiger partial charge in [-0.3, -0.25) is 10.3 Å². The Bertz CT molecular complexity index is 384. The number of benzene rings is 1. The zero-order chi connectivity index (χ0) is 13.4. The summed E-state index contributed by atoms with van der Waals surface area (Å²) in [6.07, 6.45) is 0.591. The molecule has 0 aliphatic carbocycles. The average molecular weight is 314 g/mol. The first-order valence-corrected chi connectivity index (χ1v) is 6.70. The molecule has 0 saturated heterocycles. The molecule has 4 nitrogen and oxygen atoms in total. The number of ether oxygens (including phenoxy) is 1. The molecule has 0 heterocycles. The molecule has 5 heteroatoms. The van der Waals surface area contributed by atoms with Gasteiger partial charge in [0.25, 0.3) is 0 Å². The van der Waals surface area contributed by atoms with Crippen molar-refractivity contribution in [3.05, 3.63) is 34.3 Å². The van der Waals surface area contributed by atoms with Crippen molar-refractivity contribution < 1.29 is 4.74 Å². The van der Waals surface area contributed by atoms with Crippen LogP contribution in [0.2, 0.25) is 0 Å². The van der Waals surface area contributed by atoms with Crippen LogP contribution in [0.3, 0.4) is 0 Å². The van der Waals surface area contributed by atoms with Crippen molar-refractivity contribution in [1.29, 1.82) is 5.41 Å². The maximum atomic E-state index is 7.30. The Morgan fingerprint density at radius 2 is 2.11 bits per heavy atom. The highest BCUT2D eigenvalue weighted by atomic mass is 79.9. The van der Waals surface area contributed by atoms with Crippen LogP contribution >= 0.6 is 15.9 Å². The summed E-state index contributed by atoms with van der Waals surface area (Å²) in [6.45, 7) is 3.13. The van der Waals surface area contributed by atoms with Crippen molar-refractivity contribution in [2.24, 2.45) is 5.73 Å². The zero-order valence-corrected chi connectivity index (χ0v) is 12.2. The summed E-state index contributed by atoms with van der Waals surface area (Å²) in [7, 11) is 1.70.